The molecule has 2 heterocycles. The van der Waals surface area contributed by atoms with Gasteiger partial charge in [0, 0.05) is 11.5 Å². The summed E-state index contributed by atoms with van der Waals surface area (Å²) in [5.41, 5.74) is 0. The van der Waals surface area contributed by atoms with E-state index in [0.29, 0.717) is 6.61 Å². The van der Waals surface area contributed by atoms with Gasteiger partial charge in [-0.3, -0.25) is 0 Å². The van der Waals surface area contributed by atoms with E-state index in [4.69, 9.17) is 4.74 Å². The lowest BCUT2D eigenvalue weighted by Gasteiger charge is -2.19. The average Bonchev–Trinajstić information content (AvgIpc) is 3.00. The third kappa shape index (κ3) is 3.71. The van der Waals surface area contributed by atoms with Gasteiger partial charge in [0.25, 0.3) is 0 Å². The molecule has 4 nitrogen and oxygen atoms in total. The third-order valence-electron chi connectivity index (χ3n) is 3.03. The summed E-state index contributed by atoms with van der Waals surface area (Å²) in [5.74, 6) is 0. The highest BCUT2D eigenvalue weighted by atomic mass is 32.1. The maximum Gasteiger partial charge on any atom is 0.315 e. The zero-order chi connectivity index (χ0) is 12.8. The topological polar surface area (TPSA) is 50.4 Å². The summed E-state index contributed by atoms with van der Waals surface area (Å²) >= 11 is 1.69. The molecule has 0 aliphatic carbocycles. The van der Waals surface area contributed by atoms with E-state index in [-0.39, 0.29) is 18.1 Å². The van der Waals surface area contributed by atoms with Crippen molar-refractivity contribution in [3.8, 4) is 0 Å². The first kappa shape index (κ1) is 13.4. The molecule has 2 amide bonds. The molecule has 1 aliphatic rings. The summed E-state index contributed by atoms with van der Waals surface area (Å²) in [7, 11) is 0. The number of hydrogen-bond acceptors (Lipinski definition) is 3. The minimum Gasteiger partial charge on any atom is -0.379 e. The lowest BCUT2D eigenvalue weighted by molar-refractivity contribution is 0.188. The molecule has 2 unspecified atom stereocenters. The van der Waals surface area contributed by atoms with E-state index in [1.807, 2.05) is 11.4 Å². The standard InChI is InChI=1S/C13H20N2O2S/c1-2-4-11(12-5-3-8-18-12)15-13(16)14-10-6-7-17-9-10/h3,5,8,10-11H,2,4,6-7,9H2,1H3,(H2,14,15,16). The molecule has 0 saturated carbocycles. The molecule has 2 atom stereocenters. The fraction of sp³-hybridized carbons (Fsp3) is 0.615. The monoisotopic (exact) mass is 268 g/mol. The van der Waals surface area contributed by atoms with Crippen LogP contribution in [-0.2, 0) is 4.74 Å². The summed E-state index contributed by atoms with van der Waals surface area (Å²) in [5, 5.41) is 8.06. The van der Waals surface area contributed by atoms with E-state index < -0.39 is 0 Å². The summed E-state index contributed by atoms with van der Waals surface area (Å²) in [4.78, 5) is 13.1. The number of nitrogens with one attached hydrogen (secondary N) is 2. The van der Waals surface area contributed by atoms with E-state index in [2.05, 4.69) is 23.6 Å². The van der Waals surface area contributed by atoms with Crippen LogP contribution < -0.4 is 10.6 Å². The molecule has 1 fully saturated rings. The fourth-order valence-corrected chi connectivity index (χ4v) is 2.91. The summed E-state index contributed by atoms with van der Waals surface area (Å²) in [6.07, 6.45) is 2.93. The first-order valence-corrected chi connectivity index (χ1v) is 7.35. The number of carbonyl (C=O) groups excluding carboxylic acids is 1. The van der Waals surface area contributed by atoms with E-state index >= 15 is 0 Å². The Bertz CT molecular complexity index is 361. The van der Waals surface area contributed by atoms with E-state index in [9.17, 15) is 4.79 Å². The summed E-state index contributed by atoms with van der Waals surface area (Å²) in [6.45, 7) is 3.50. The van der Waals surface area contributed by atoms with Crippen molar-refractivity contribution >= 4 is 17.4 Å². The van der Waals surface area contributed by atoms with Gasteiger partial charge in [-0.15, -0.1) is 11.3 Å². The second-order valence-electron chi connectivity index (χ2n) is 4.53. The molecule has 0 radical (unpaired) electrons. The molecule has 0 aromatic carbocycles. The molecular weight excluding hydrogens is 248 g/mol. The van der Waals surface area contributed by atoms with Gasteiger partial charge in [-0.2, -0.15) is 0 Å². The van der Waals surface area contributed by atoms with Crippen molar-refractivity contribution in [2.45, 2.75) is 38.3 Å². The molecule has 18 heavy (non-hydrogen) atoms. The van der Waals surface area contributed by atoms with Crippen LogP contribution in [0.4, 0.5) is 4.79 Å². The largest absolute Gasteiger partial charge is 0.379 e. The van der Waals surface area contributed by atoms with Crippen LogP contribution in [0.2, 0.25) is 0 Å². The van der Waals surface area contributed by atoms with Crippen molar-refractivity contribution in [1.82, 2.24) is 10.6 Å². The van der Waals surface area contributed by atoms with Gasteiger partial charge in [0.05, 0.1) is 18.7 Å². The van der Waals surface area contributed by atoms with Crippen LogP contribution in [0.5, 0.6) is 0 Å². The Labute approximate surface area is 112 Å². The molecular formula is C13H20N2O2S. The molecule has 1 saturated heterocycles. The number of rotatable bonds is 5. The van der Waals surface area contributed by atoms with Crippen LogP contribution in [0, 0.1) is 0 Å². The zero-order valence-corrected chi connectivity index (χ0v) is 11.5. The highest BCUT2D eigenvalue weighted by molar-refractivity contribution is 7.10. The highest BCUT2D eigenvalue weighted by Crippen LogP contribution is 2.23. The lowest BCUT2D eigenvalue weighted by atomic mass is 10.1. The van der Waals surface area contributed by atoms with Gasteiger partial charge >= 0.3 is 6.03 Å². The number of urea groups is 1. The van der Waals surface area contributed by atoms with Crippen molar-refractivity contribution in [1.29, 1.82) is 0 Å². The SMILES string of the molecule is CCCC(NC(=O)NC1CCOC1)c1cccs1. The Morgan fingerprint density at radius 2 is 2.56 bits per heavy atom. The first-order chi connectivity index (χ1) is 8.79. The van der Waals surface area contributed by atoms with Gasteiger partial charge in [-0.1, -0.05) is 19.4 Å². The Morgan fingerprint density at radius 3 is 3.17 bits per heavy atom. The van der Waals surface area contributed by atoms with Crippen molar-refractivity contribution in [3.05, 3.63) is 22.4 Å². The second-order valence-corrected chi connectivity index (χ2v) is 5.51. The maximum atomic E-state index is 11.9. The number of thiophene rings is 1. The number of carbonyl (C=O) groups is 1. The fourth-order valence-electron chi connectivity index (χ4n) is 2.10. The molecule has 1 aromatic heterocycles. The molecule has 2 N–H and O–H groups in total. The van der Waals surface area contributed by atoms with E-state index in [1.165, 1.54) is 4.88 Å². The number of amides is 2. The van der Waals surface area contributed by atoms with Crippen LogP contribution in [0.25, 0.3) is 0 Å². The van der Waals surface area contributed by atoms with E-state index in [0.717, 1.165) is 25.9 Å². The number of hydrogen-bond donors (Lipinski definition) is 2. The van der Waals surface area contributed by atoms with Crippen LogP contribution in [0.3, 0.4) is 0 Å². The molecule has 100 valence electrons. The van der Waals surface area contributed by atoms with E-state index in [1.54, 1.807) is 11.3 Å². The van der Waals surface area contributed by atoms with Crippen molar-refractivity contribution in [2.24, 2.45) is 0 Å². The zero-order valence-electron chi connectivity index (χ0n) is 10.6. The number of ether oxygens (including phenoxy) is 1. The van der Waals surface area contributed by atoms with Crippen LogP contribution >= 0.6 is 11.3 Å². The lowest BCUT2D eigenvalue weighted by Crippen LogP contribution is -2.43. The highest BCUT2D eigenvalue weighted by Gasteiger charge is 2.20. The maximum absolute atomic E-state index is 11.9. The van der Waals surface area contributed by atoms with Crippen molar-refractivity contribution < 1.29 is 9.53 Å². The molecule has 0 spiro atoms. The third-order valence-corrected chi connectivity index (χ3v) is 4.02. The van der Waals surface area contributed by atoms with Gasteiger partial charge in [0.2, 0.25) is 0 Å². The predicted molar refractivity (Wildman–Crippen MR) is 72.9 cm³/mol. The van der Waals surface area contributed by atoms with Crippen molar-refractivity contribution in [3.63, 3.8) is 0 Å². The first-order valence-electron chi connectivity index (χ1n) is 6.47. The quantitative estimate of drug-likeness (QED) is 0.862. The van der Waals surface area contributed by atoms with Crippen LogP contribution in [0.15, 0.2) is 17.5 Å². The van der Waals surface area contributed by atoms with Crippen LogP contribution in [0.1, 0.15) is 37.1 Å². The molecule has 1 aliphatic heterocycles. The Morgan fingerprint density at radius 1 is 1.67 bits per heavy atom. The van der Waals surface area contributed by atoms with Gasteiger partial charge in [0.15, 0.2) is 0 Å². The average molecular weight is 268 g/mol. The summed E-state index contributed by atoms with van der Waals surface area (Å²) in [6, 6.07) is 4.29. The minimum absolute atomic E-state index is 0.0858. The smallest absolute Gasteiger partial charge is 0.315 e. The predicted octanol–water partition coefficient (Wildman–Crippen LogP) is 2.68. The van der Waals surface area contributed by atoms with Crippen molar-refractivity contribution in [2.75, 3.05) is 13.2 Å². The molecule has 2 rings (SSSR count). The summed E-state index contributed by atoms with van der Waals surface area (Å²) < 4.78 is 5.24. The normalized spacial score (nSPS) is 20.6. The van der Waals surface area contributed by atoms with Crippen LogP contribution in [-0.4, -0.2) is 25.3 Å². The minimum atomic E-state index is -0.0858. The van der Waals surface area contributed by atoms with Gasteiger partial charge in [-0.25, -0.2) is 4.79 Å². The van der Waals surface area contributed by atoms with Gasteiger partial charge < -0.3 is 15.4 Å². The molecule has 5 heteroatoms. The molecule has 0 bridgehead atoms. The molecule has 1 aromatic rings. The Hall–Kier alpha value is -1.07. The Balaban J connectivity index is 1.86. The second kappa shape index (κ2) is 6.75. The van der Waals surface area contributed by atoms with Gasteiger partial charge in [0.1, 0.15) is 0 Å². The Kier molecular flexibility index (Phi) is 5.01. The van der Waals surface area contributed by atoms with Gasteiger partial charge in [-0.05, 0) is 24.3 Å².